The Morgan fingerprint density at radius 1 is 1.23 bits per heavy atom. The molecule has 30 heavy (non-hydrogen) atoms. The van der Waals surface area contributed by atoms with Crippen LogP contribution in [0.2, 0.25) is 0 Å². The second-order valence-corrected chi connectivity index (χ2v) is 8.62. The monoisotopic (exact) mass is 427 g/mol. The van der Waals surface area contributed by atoms with Crippen molar-refractivity contribution in [1.82, 2.24) is 0 Å². The quantitative estimate of drug-likeness (QED) is 0.447. The van der Waals surface area contributed by atoms with Crippen LogP contribution in [0.4, 0.5) is 5.00 Å². The minimum Gasteiger partial charge on any atom is -0.494 e. The van der Waals surface area contributed by atoms with E-state index >= 15 is 0 Å². The molecule has 1 aliphatic carbocycles. The van der Waals surface area contributed by atoms with Gasteiger partial charge in [0.2, 0.25) is 5.91 Å². The smallest absolute Gasteiger partial charge is 0.341 e. The fourth-order valence-corrected chi connectivity index (χ4v) is 4.88. The van der Waals surface area contributed by atoms with Crippen LogP contribution >= 0.6 is 11.3 Å². The maximum Gasteiger partial charge on any atom is 0.341 e. The molecule has 0 bridgehead atoms. The summed E-state index contributed by atoms with van der Waals surface area (Å²) in [6.07, 6.45) is 7.02. The molecule has 1 heterocycles. The average molecular weight is 428 g/mol. The van der Waals surface area contributed by atoms with Crippen LogP contribution < -0.4 is 10.1 Å². The number of carbonyl (C=O) groups is 2. The molecule has 1 amide bonds. The minimum atomic E-state index is -0.355. The van der Waals surface area contributed by atoms with E-state index in [1.165, 1.54) is 22.3 Å². The van der Waals surface area contributed by atoms with Crippen molar-refractivity contribution in [3.63, 3.8) is 0 Å². The molecule has 160 valence electrons. The second-order valence-electron chi connectivity index (χ2n) is 7.52. The van der Waals surface area contributed by atoms with Gasteiger partial charge in [0, 0.05) is 11.0 Å². The number of anilines is 1. The number of thiophene rings is 1. The summed E-state index contributed by atoms with van der Waals surface area (Å²) in [4.78, 5) is 26.3. The van der Waals surface area contributed by atoms with Crippen LogP contribution in [-0.2, 0) is 22.4 Å². The number of carbonyl (C=O) groups excluding carboxylic acids is 2. The number of nitrogens with one attached hydrogen (secondary N) is 1. The zero-order chi connectivity index (χ0) is 21.5. The van der Waals surface area contributed by atoms with Crippen LogP contribution in [0.5, 0.6) is 5.75 Å². The molecule has 1 unspecified atom stereocenters. The SMILES string of the molecule is CCCOc1ccc(C=CC(=O)Nc2sc3c(c2C(=O)OCC)CCC(C)C3)cc1. The third-order valence-electron chi connectivity index (χ3n) is 5.01. The molecule has 1 aliphatic rings. The molecule has 1 atom stereocenters. The Labute approximate surface area is 182 Å². The minimum absolute atomic E-state index is 0.265. The highest BCUT2D eigenvalue weighted by Gasteiger charge is 2.28. The zero-order valence-corrected chi connectivity index (χ0v) is 18.6. The molecule has 6 heteroatoms. The van der Waals surface area contributed by atoms with Crippen molar-refractivity contribution in [2.45, 2.75) is 46.5 Å². The summed E-state index contributed by atoms with van der Waals surface area (Å²) in [5.74, 6) is 0.778. The summed E-state index contributed by atoms with van der Waals surface area (Å²) in [5.41, 5.74) is 2.47. The molecule has 0 fully saturated rings. The molecular weight excluding hydrogens is 398 g/mol. The van der Waals surface area contributed by atoms with Crippen LogP contribution in [0.1, 0.15) is 60.0 Å². The van der Waals surface area contributed by atoms with Gasteiger partial charge in [-0.25, -0.2) is 4.79 Å². The first-order chi connectivity index (χ1) is 14.5. The fraction of sp³-hybridized carbons (Fsp3) is 0.417. The number of hydrogen-bond donors (Lipinski definition) is 1. The lowest BCUT2D eigenvalue weighted by Crippen LogP contribution is -2.15. The van der Waals surface area contributed by atoms with Gasteiger partial charge in [0.15, 0.2) is 0 Å². The average Bonchev–Trinajstić information content (AvgIpc) is 3.08. The Morgan fingerprint density at radius 3 is 2.70 bits per heavy atom. The molecule has 1 N–H and O–H groups in total. The van der Waals surface area contributed by atoms with Gasteiger partial charge < -0.3 is 14.8 Å². The number of rotatable bonds is 8. The van der Waals surface area contributed by atoms with E-state index in [9.17, 15) is 9.59 Å². The third kappa shape index (κ3) is 5.51. The number of esters is 1. The van der Waals surface area contributed by atoms with Gasteiger partial charge in [-0.1, -0.05) is 26.0 Å². The molecule has 0 saturated carbocycles. The predicted molar refractivity (Wildman–Crippen MR) is 121 cm³/mol. The summed E-state index contributed by atoms with van der Waals surface area (Å²) < 4.78 is 10.8. The van der Waals surface area contributed by atoms with E-state index in [-0.39, 0.29) is 11.9 Å². The summed E-state index contributed by atoms with van der Waals surface area (Å²) in [6.45, 7) is 7.06. The van der Waals surface area contributed by atoms with Crippen molar-refractivity contribution in [2.24, 2.45) is 5.92 Å². The van der Waals surface area contributed by atoms with Crippen LogP contribution in [0, 0.1) is 5.92 Å². The van der Waals surface area contributed by atoms with Gasteiger partial charge in [0.05, 0.1) is 18.8 Å². The highest BCUT2D eigenvalue weighted by atomic mass is 32.1. The third-order valence-corrected chi connectivity index (χ3v) is 6.18. The number of hydrogen-bond acceptors (Lipinski definition) is 5. The molecule has 1 aromatic heterocycles. The molecule has 5 nitrogen and oxygen atoms in total. The molecule has 2 aromatic rings. The topological polar surface area (TPSA) is 64.6 Å². The Hall–Kier alpha value is -2.60. The first-order valence-corrected chi connectivity index (χ1v) is 11.4. The molecule has 3 rings (SSSR count). The van der Waals surface area contributed by atoms with Gasteiger partial charge in [-0.2, -0.15) is 0 Å². The van der Waals surface area contributed by atoms with E-state index < -0.39 is 0 Å². The second kappa shape index (κ2) is 10.4. The Balaban J connectivity index is 1.72. The Kier molecular flexibility index (Phi) is 7.69. The van der Waals surface area contributed by atoms with Gasteiger partial charge in [-0.3, -0.25) is 4.79 Å². The molecular formula is C24H29NO4S. The van der Waals surface area contributed by atoms with Gasteiger partial charge in [-0.05, 0) is 67.9 Å². The van der Waals surface area contributed by atoms with Crippen molar-refractivity contribution in [3.05, 3.63) is 51.9 Å². The van der Waals surface area contributed by atoms with Gasteiger partial charge in [-0.15, -0.1) is 11.3 Å². The van der Waals surface area contributed by atoms with Crippen molar-refractivity contribution < 1.29 is 19.1 Å². The van der Waals surface area contributed by atoms with E-state index in [1.54, 1.807) is 13.0 Å². The number of fused-ring (bicyclic) bond motifs is 1. The Morgan fingerprint density at radius 2 is 2.00 bits per heavy atom. The van der Waals surface area contributed by atoms with E-state index in [1.807, 2.05) is 24.3 Å². The standard InChI is InChI=1S/C24H29NO4S/c1-4-14-29-18-10-7-17(8-11-18)9-13-21(26)25-23-22(24(27)28-5-2)19-12-6-16(3)15-20(19)30-23/h7-11,13,16H,4-6,12,14-15H2,1-3H3,(H,25,26). The molecule has 0 aliphatic heterocycles. The lowest BCUT2D eigenvalue weighted by molar-refractivity contribution is -0.111. The van der Waals surface area contributed by atoms with Crippen LogP contribution in [-0.4, -0.2) is 25.1 Å². The van der Waals surface area contributed by atoms with Gasteiger partial charge in [0.1, 0.15) is 10.8 Å². The van der Waals surface area contributed by atoms with E-state index in [2.05, 4.69) is 19.2 Å². The summed E-state index contributed by atoms with van der Waals surface area (Å²) >= 11 is 1.50. The highest BCUT2D eigenvalue weighted by Crippen LogP contribution is 2.40. The summed E-state index contributed by atoms with van der Waals surface area (Å²) in [6, 6.07) is 7.59. The van der Waals surface area contributed by atoms with Crippen LogP contribution in [0.15, 0.2) is 30.3 Å². The number of ether oxygens (including phenoxy) is 2. The molecule has 0 spiro atoms. The van der Waals surface area contributed by atoms with Crippen molar-refractivity contribution >= 4 is 34.3 Å². The maximum absolute atomic E-state index is 12.6. The van der Waals surface area contributed by atoms with Crippen molar-refractivity contribution in [3.8, 4) is 5.75 Å². The van der Waals surface area contributed by atoms with E-state index in [0.29, 0.717) is 29.7 Å². The number of benzene rings is 1. The first kappa shape index (κ1) is 22.1. The fourth-order valence-electron chi connectivity index (χ4n) is 3.48. The van der Waals surface area contributed by atoms with Crippen molar-refractivity contribution in [1.29, 1.82) is 0 Å². The zero-order valence-electron chi connectivity index (χ0n) is 17.8. The maximum atomic E-state index is 12.6. The predicted octanol–water partition coefficient (Wildman–Crippen LogP) is 5.49. The molecule has 0 radical (unpaired) electrons. The number of amides is 1. The lowest BCUT2D eigenvalue weighted by Gasteiger charge is -2.18. The van der Waals surface area contributed by atoms with Gasteiger partial charge >= 0.3 is 5.97 Å². The van der Waals surface area contributed by atoms with Crippen molar-refractivity contribution in [2.75, 3.05) is 18.5 Å². The van der Waals surface area contributed by atoms with E-state index in [4.69, 9.17) is 9.47 Å². The largest absolute Gasteiger partial charge is 0.494 e. The molecule has 0 saturated heterocycles. The highest BCUT2D eigenvalue weighted by molar-refractivity contribution is 7.17. The molecule has 1 aromatic carbocycles. The Bertz CT molecular complexity index is 914. The first-order valence-electron chi connectivity index (χ1n) is 10.5. The summed E-state index contributed by atoms with van der Waals surface area (Å²) in [5, 5.41) is 3.49. The van der Waals surface area contributed by atoms with Crippen LogP contribution in [0.3, 0.4) is 0 Å². The normalized spacial score (nSPS) is 15.6. The van der Waals surface area contributed by atoms with Crippen LogP contribution in [0.25, 0.3) is 6.08 Å². The lowest BCUT2D eigenvalue weighted by atomic mass is 9.88. The summed E-state index contributed by atoms with van der Waals surface area (Å²) in [7, 11) is 0. The van der Waals surface area contributed by atoms with E-state index in [0.717, 1.165) is 42.6 Å². The van der Waals surface area contributed by atoms with Gasteiger partial charge in [0.25, 0.3) is 0 Å².